The largest absolute Gasteiger partial charge is 0.454 e. The molecule has 0 saturated heterocycles. The molecule has 2 amide bonds. The first-order valence-electron chi connectivity index (χ1n) is 10.0. The van der Waals surface area contributed by atoms with Gasteiger partial charge in [0.1, 0.15) is 0 Å². The van der Waals surface area contributed by atoms with E-state index in [-0.39, 0.29) is 34.3 Å². The lowest BCUT2D eigenvalue weighted by molar-refractivity contribution is -0.384. The Morgan fingerprint density at radius 1 is 0.971 bits per heavy atom. The second-order valence-electron chi connectivity index (χ2n) is 7.11. The number of amides is 2. The van der Waals surface area contributed by atoms with Crippen molar-refractivity contribution in [1.29, 1.82) is 0 Å². The molecule has 178 valence electrons. The summed E-state index contributed by atoms with van der Waals surface area (Å²) in [6, 6.07) is 14.2. The molecule has 11 nitrogen and oxygen atoms in total. The van der Waals surface area contributed by atoms with Crippen molar-refractivity contribution in [2.75, 3.05) is 24.0 Å². The SMILES string of the molecule is O=C(COC(=O)c1ccccc1NC(=O)c1ccc([N+](=O)[O-])cc1Cl)Nc1ccc2c(c1)OCO2. The zero-order chi connectivity index (χ0) is 24.9. The number of benzene rings is 3. The molecule has 0 bridgehead atoms. The lowest BCUT2D eigenvalue weighted by Gasteiger charge is -2.12. The van der Waals surface area contributed by atoms with Gasteiger partial charge in [-0.25, -0.2) is 4.79 Å². The molecule has 0 spiro atoms. The molecular weight excluding hydrogens is 482 g/mol. The summed E-state index contributed by atoms with van der Waals surface area (Å²) >= 11 is 6.00. The van der Waals surface area contributed by atoms with Crippen molar-refractivity contribution in [3.8, 4) is 11.5 Å². The highest BCUT2D eigenvalue weighted by atomic mass is 35.5. The molecule has 0 radical (unpaired) electrons. The van der Waals surface area contributed by atoms with Crippen LogP contribution in [0.4, 0.5) is 17.1 Å². The Morgan fingerprint density at radius 3 is 2.51 bits per heavy atom. The molecule has 1 aliphatic heterocycles. The van der Waals surface area contributed by atoms with Gasteiger partial charge in [-0.05, 0) is 30.3 Å². The lowest BCUT2D eigenvalue weighted by atomic mass is 10.1. The Hall–Kier alpha value is -4.64. The van der Waals surface area contributed by atoms with Gasteiger partial charge in [-0.3, -0.25) is 19.7 Å². The molecule has 3 aromatic rings. The smallest absolute Gasteiger partial charge is 0.340 e. The maximum atomic E-state index is 12.6. The van der Waals surface area contributed by atoms with Crippen LogP contribution in [0, 0.1) is 10.1 Å². The molecule has 1 heterocycles. The predicted octanol–water partition coefficient (Wildman–Crippen LogP) is 4.02. The third kappa shape index (κ3) is 5.47. The second-order valence-corrected chi connectivity index (χ2v) is 7.52. The minimum absolute atomic E-state index is 0.00485. The van der Waals surface area contributed by atoms with Crippen molar-refractivity contribution in [3.63, 3.8) is 0 Å². The number of carbonyl (C=O) groups excluding carboxylic acids is 3. The van der Waals surface area contributed by atoms with Gasteiger partial charge in [-0.1, -0.05) is 23.7 Å². The van der Waals surface area contributed by atoms with Gasteiger partial charge < -0.3 is 24.8 Å². The number of fused-ring (bicyclic) bond motifs is 1. The monoisotopic (exact) mass is 497 g/mol. The second kappa shape index (κ2) is 10.1. The molecule has 0 atom stereocenters. The summed E-state index contributed by atoms with van der Waals surface area (Å²) in [4.78, 5) is 47.7. The van der Waals surface area contributed by atoms with Crippen LogP contribution in [-0.4, -0.2) is 36.1 Å². The number of nitro benzene ring substituents is 1. The van der Waals surface area contributed by atoms with Gasteiger partial charge in [0.15, 0.2) is 18.1 Å². The molecule has 35 heavy (non-hydrogen) atoms. The van der Waals surface area contributed by atoms with Crippen LogP contribution >= 0.6 is 11.6 Å². The van der Waals surface area contributed by atoms with Crippen LogP contribution in [0.2, 0.25) is 5.02 Å². The van der Waals surface area contributed by atoms with Crippen LogP contribution in [0.3, 0.4) is 0 Å². The average molecular weight is 498 g/mol. The van der Waals surface area contributed by atoms with Gasteiger partial charge in [0.25, 0.3) is 17.5 Å². The Bertz CT molecular complexity index is 1340. The number of nitrogens with zero attached hydrogens (tertiary/aromatic N) is 1. The maximum absolute atomic E-state index is 12.6. The van der Waals surface area contributed by atoms with Gasteiger partial charge >= 0.3 is 5.97 Å². The number of nitro groups is 1. The van der Waals surface area contributed by atoms with Crippen molar-refractivity contribution >= 4 is 46.4 Å². The number of para-hydroxylation sites is 1. The van der Waals surface area contributed by atoms with Crippen LogP contribution in [0.25, 0.3) is 0 Å². The lowest BCUT2D eigenvalue weighted by Crippen LogP contribution is -2.22. The molecule has 0 unspecified atom stereocenters. The normalized spacial score (nSPS) is 11.5. The van der Waals surface area contributed by atoms with Crippen LogP contribution in [-0.2, 0) is 9.53 Å². The number of anilines is 2. The van der Waals surface area contributed by atoms with Gasteiger partial charge in [0.05, 0.1) is 26.8 Å². The van der Waals surface area contributed by atoms with E-state index in [2.05, 4.69) is 10.6 Å². The van der Waals surface area contributed by atoms with Gasteiger partial charge in [-0.2, -0.15) is 0 Å². The number of carbonyl (C=O) groups is 3. The zero-order valence-electron chi connectivity index (χ0n) is 17.8. The quantitative estimate of drug-likeness (QED) is 0.282. The Labute approximate surface area is 202 Å². The number of esters is 1. The highest BCUT2D eigenvalue weighted by molar-refractivity contribution is 6.34. The molecule has 0 fully saturated rings. The fourth-order valence-corrected chi connectivity index (χ4v) is 3.40. The Morgan fingerprint density at radius 2 is 1.74 bits per heavy atom. The third-order valence-corrected chi connectivity index (χ3v) is 5.11. The number of non-ortho nitro benzene ring substituents is 1. The number of hydrogen-bond acceptors (Lipinski definition) is 8. The van der Waals surface area contributed by atoms with E-state index in [1.165, 1.54) is 18.2 Å². The summed E-state index contributed by atoms with van der Waals surface area (Å²) in [5.41, 5.74) is 0.240. The average Bonchev–Trinajstić information content (AvgIpc) is 3.30. The Balaban J connectivity index is 1.39. The number of hydrogen-bond donors (Lipinski definition) is 2. The minimum atomic E-state index is -0.850. The molecule has 1 aliphatic rings. The molecule has 0 aliphatic carbocycles. The van der Waals surface area contributed by atoms with E-state index in [4.69, 9.17) is 25.8 Å². The first-order valence-corrected chi connectivity index (χ1v) is 10.4. The summed E-state index contributed by atoms with van der Waals surface area (Å²) in [5.74, 6) is -1.08. The van der Waals surface area contributed by atoms with Gasteiger partial charge in [-0.15, -0.1) is 0 Å². The number of rotatable bonds is 7. The molecule has 2 N–H and O–H groups in total. The van der Waals surface area contributed by atoms with Crippen molar-refractivity contribution in [2.24, 2.45) is 0 Å². The number of nitrogens with one attached hydrogen (secondary N) is 2. The predicted molar refractivity (Wildman–Crippen MR) is 124 cm³/mol. The summed E-state index contributed by atoms with van der Waals surface area (Å²) < 4.78 is 15.5. The van der Waals surface area contributed by atoms with E-state index in [1.807, 2.05) is 0 Å². The topological polar surface area (TPSA) is 146 Å². The fourth-order valence-electron chi connectivity index (χ4n) is 3.14. The number of ether oxygens (including phenoxy) is 3. The van der Waals surface area contributed by atoms with E-state index < -0.39 is 29.3 Å². The van der Waals surface area contributed by atoms with Crippen LogP contribution in [0.5, 0.6) is 11.5 Å². The Kier molecular flexibility index (Phi) is 6.78. The van der Waals surface area contributed by atoms with E-state index in [9.17, 15) is 24.5 Å². The van der Waals surface area contributed by atoms with Crippen molar-refractivity contribution in [2.45, 2.75) is 0 Å². The molecule has 12 heteroatoms. The minimum Gasteiger partial charge on any atom is -0.454 e. The maximum Gasteiger partial charge on any atom is 0.340 e. The molecular formula is C23H16ClN3O8. The highest BCUT2D eigenvalue weighted by Gasteiger charge is 2.20. The third-order valence-electron chi connectivity index (χ3n) is 4.79. The van der Waals surface area contributed by atoms with Crippen molar-refractivity contribution < 1.29 is 33.5 Å². The van der Waals surface area contributed by atoms with Crippen LogP contribution in [0.1, 0.15) is 20.7 Å². The summed E-state index contributed by atoms with van der Waals surface area (Å²) in [7, 11) is 0. The summed E-state index contributed by atoms with van der Waals surface area (Å²) in [6.07, 6.45) is 0. The molecule has 0 aromatic heterocycles. The number of halogens is 1. The van der Waals surface area contributed by atoms with Crippen LogP contribution in [0.15, 0.2) is 60.7 Å². The van der Waals surface area contributed by atoms with Gasteiger partial charge in [0.2, 0.25) is 6.79 Å². The van der Waals surface area contributed by atoms with E-state index in [1.54, 1.807) is 30.3 Å². The van der Waals surface area contributed by atoms with E-state index in [0.717, 1.165) is 12.1 Å². The summed E-state index contributed by atoms with van der Waals surface area (Å²) in [5, 5.41) is 15.8. The fraction of sp³-hybridized carbons (Fsp3) is 0.0870. The van der Waals surface area contributed by atoms with Gasteiger partial charge in [0, 0.05) is 23.9 Å². The highest BCUT2D eigenvalue weighted by Crippen LogP contribution is 2.34. The van der Waals surface area contributed by atoms with Crippen molar-refractivity contribution in [1.82, 2.24) is 0 Å². The molecule has 4 rings (SSSR count). The van der Waals surface area contributed by atoms with E-state index in [0.29, 0.717) is 17.2 Å². The molecule has 0 saturated carbocycles. The standard InChI is InChI=1S/C23H16ClN3O8/c24-17-10-14(27(31)32)6-7-15(17)22(29)26-18-4-2-1-3-16(18)23(30)33-11-21(28)25-13-5-8-19-20(9-13)35-12-34-19/h1-10H,11-12H2,(H,25,28)(H,26,29). The first-order chi connectivity index (χ1) is 16.8. The first kappa shape index (κ1) is 23.5. The van der Waals surface area contributed by atoms with Crippen molar-refractivity contribution in [3.05, 3.63) is 86.9 Å². The van der Waals surface area contributed by atoms with E-state index >= 15 is 0 Å². The zero-order valence-corrected chi connectivity index (χ0v) is 18.5. The summed E-state index contributed by atoms with van der Waals surface area (Å²) in [6.45, 7) is -0.486. The van der Waals surface area contributed by atoms with Crippen LogP contribution < -0.4 is 20.1 Å². The molecule has 3 aromatic carbocycles.